The first-order chi connectivity index (χ1) is 9.82. The van der Waals surface area contributed by atoms with E-state index in [0.717, 1.165) is 0 Å². The van der Waals surface area contributed by atoms with Crippen LogP contribution in [0.1, 0.15) is 29.8 Å². The molecule has 3 N–H and O–H groups in total. The van der Waals surface area contributed by atoms with Crippen LogP contribution < -0.4 is 10.8 Å². The lowest BCUT2D eigenvalue weighted by Crippen LogP contribution is -2.45. The quantitative estimate of drug-likeness (QED) is 0.673. The van der Waals surface area contributed by atoms with Crippen LogP contribution >= 0.6 is 0 Å². The summed E-state index contributed by atoms with van der Waals surface area (Å²) in [6.07, 6.45) is 0. The second kappa shape index (κ2) is 5.83. The van der Waals surface area contributed by atoms with Gasteiger partial charge < -0.3 is 20.1 Å². The molecule has 112 valence electrons. The zero-order valence-corrected chi connectivity index (χ0v) is 11.6. The predicted molar refractivity (Wildman–Crippen MR) is 72.5 cm³/mol. The highest BCUT2D eigenvalue weighted by Gasteiger charge is 2.34. The highest BCUT2D eigenvalue weighted by Crippen LogP contribution is 2.16. The number of carboxylic acids is 1. The second-order valence-electron chi connectivity index (χ2n) is 5.20. The standard InChI is InChI=1S/C13H15BFNO5/c1-6(2)11(13(18)19)16-12(17)8-4-3-7-5-21-14(20)9(7)10(8)15/h3-4,6,11,20H,5H2,1-2H3,(H,16,17)(H,18,19)/t11-/m0/s1. The number of halogens is 1. The van der Waals surface area contributed by atoms with Crippen molar-refractivity contribution in [1.29, 1.82) is 0 Å². The summed E-state index contributed by atoms with van der Waals surface area (Å²) in [6, 6.07) is 1.62. The number of rotatable bonds is 4. The number of fused-ring (bicyclic) bond motifs is 1. The van der Waals surface area contributed by atoms with Gasteiger partial charge >= 0.3 is 13.1 Å². The molecule has 21 heavy (non-hydrogen) atoms. The minimum absolute atomic E-state index is 0.0685. The molecule has 1 aliphatic heterocycles. The van der Waals surface area contributed by atoms with E-state index in [1.165, 1.54) is 12.1 Å². The van der Waals surface area contributed by atoms with Gasteiger partial charge in [0.15, 0.2) is 0 Å². The molecule has 0 aliphatic carbocycles. The number of carboxylic acid groups (broad SMARTS) is 1. The molecular weight excluding hydrogens is 280 g/mol. The third-order valence-electron chi connectivity index (χ3n) is 3.38. The summed E-state index contributed by atoms with van der Waals surface area (Å²) in [5.74, 6) is -3.26. The van der Waals surface area contributed by atoms with Gasteiger partial charge in [-0.05, 0) is 17.5 Å². The Labute approximate surface area is 121 Å². The third kappa shape index (κ3) is 2.91. The number of carbonyl (C=O) groups is 2. The van der Waals surface area contributed by atoms with Crippen LogP contribution in [0.25, 0.3) is 0 Å². The van der Waals surface area contributed by atoms with Gasteiger partial charge in [0.25, 0.3) is 5.91 Å². The van der Waals surface area contributed by atoms with E-state index < -0.39 is 30.9 Å². The topological polar surface area (TPSA) is 95.9 Å². The first-order valence-corrected chi connectivity index (χ1v) is 6.47. The van der Waals surface area contributed by atoms with E-state index in [1.54, 1.807) is 13.8 Å². The van der Waals surface area contributed by atoms with Gasteiger partial charge in [-0.3, -0.25) is 4.79 Å². The van der Waals surface area contributed by atoms with E-state index in [1.807, 2.05) is 0 Å². The maximum atomic E-state index is 14.3. The van der Waals surface area contributed by atoms with Gasteiger partial charge in [0.1, 0.15) is 11.9 Å². The number of hydrogen-bond acceptors (Lipinski definition) is 4. The van der Waals surface area contributed by atoms with Crippen molar-refractivity contribution in [2.45, 2.75) is 26.5 Å². The van der Waals surface area contributed by atoms with Crippen molar-refractivity contribution in [1.82, 2.24) is 5.32 Å². The van der Waals surface area contributed by atoms with Crippen molar-refractivity contribution < 1.29 is 28.8 Å². The number of carbonyl (C=O) groups excluding carboxylic acids is 1. The molecule has 0 radical (unpaired) electrons. The van der Waals surface area contributed by atoms with Gasteiger partial charge in [0, 0.05) is 5.46 Å². The molecular formula is C13H15BFNO5. The summed E-state index contributed by atoms with van der Waals surface area (Å²) >= 11 is 0. The Kier molecular flexibility index (Phi) is 4.29. The number of nitrogens with one attached hydrogen (secondary N) is 1. The van der Waals surface area contributed by atoms with E-state index >= 15 is 0 Å². The van der Waals surface area contributed by atoms with E-state index in [2.05, 4.69) is 5.32 Å². The summed E-state index contributed by atoms with van der Waals surface area (Å²) < 4.78 is 19.2. The highest BCUT2D eigenvalue weighted by molar-refractivity contribution is 6.61. The first kappa shape index (κ1) is 15.5. The zero-order chi connectivity index (χ0) is 15.7. The van der Waals surface area contributed by atoms with Crippen molar-refractivity contribution in [3.05, 3.63) is 29.1 Å². The molecule has 1 amide bonds. The fourth-order valence-electron chi connectivity index (χ4n) is 2.19. The molecule has 0 fully saturated rings. The van der Waals surface area contributed by atoms with Crippen molar-refractivity contribution in [3.63, 3.8) is 0 Å². The number of amides is 1. The van der Waals surface area contributed by atoms with Gasteiger partial charge in [-0.2, -0.15) is 0 Å². The maximum Gasteiger partial charge on any atom is 0.494 e. The Balaban J connectivity index is 2.29. The summed E-state index contributed by atoms with van der Waals surface area (Å²) in [7, 11) is -1.41. The van der Waals surface area contributed by atoms with Crippen molar-refractivity contribution >= 4 is 24.5 Å². The minimum atomic E-state index is -1.41. The van der Waals surface area contributed by atoms with Crippen LogP contribution in [0, 0.1) is 11.7 Å². The van der Waals surface area contributed by atoms with E-state index in [0.29, 0.717) is 5.56 Å². The molecule has 0 spiro atoms. The fraction of sp³-hybridized carbons (Fsp3) is 0.385. The molecule has 1 aromatic carbocycles. The molecule has 1 heterocycles. The average molecular weight is 295 g/mol. The lowest BCUT2D eigenvalue weighted by Gasteiger charge is -2.18. The van der Waals surface area contributed by atoms with Crippen LogP contribution in [-0.2, 0) is 16.1 Å². The van der Waals surface area contributed by atoms with E-state index in [4.69, 9.17) is 9.76 Å². The summed E-state index contributed by atoms with van der Waals surface area (Å²) in [5, 5.41) is 20.9. The van der Waals surface area contributed by atoms with Crippen LogP contribution in [0.5, 0.6) is 0 Å². The smallest absolute Gasteiger partial charge is 0.480 e. The Morgan fingerprint density at radius 2 is 2.10 bits per heavy atom. The van der Waals surface area contributed by atoms with E-state index in [-0.39, 0.29) is 23.6 Å². The normalized spacial score (nSPS) is 15.0. The van der Waals surface area contributed by atoms with Crippen molar-refractivity contribution in [3.8, 4) is 0 Å². The highest BCUT2D eigenvalue weighted by atomic mass is 19.1. The largest absolute Gasteiger partial charge is 0.494 e. The average Bonchev–Trinajstić information content (AvgIpc) is 2.77. The molecule has 0 aromatic heterocycles. The number of benzene rings is 1. The molecule has 6 nitrogen and oxygen atoms in total. The first-order valence-electron chi connectivity index (χ1n) is 6.47. The molecule has 0 saturated heterocycles. The Bertz CT molecular complexity index is 592. The van der Waals surface area contributed by atoms with Crippen LogP contribution in [-0.4, -0.2) is 35.2 Å². The predicted octanol–water partition coefficient (Wildman–Crippen LogP) is -0.118. The zero-order valence-electron chi connectivity index (χ0n) is 11.6. The lowest BCUT2D eigenvalue weighted by molar-refractivity contribution is -0.140. The van der Waals surface area contributed by atoms with Gasteiger partial charge in [-0.1, -0.05) is 19.9 Å². The van der Waals surface area contributed by atoms with Crippen LogP contribution in [0.2, 0.25) is 0 Å². The van der Waals surface area contributed by atoms with Crippen molar-refractivity contribution in [2.75, 3.05) is 0 Å². The lowest BCUT2D eigenvalue weighted by atomic mass is 9.78. The third-order valence-corrected chi connectivity index (χ3v) is 3.38. The summed E-state index contributed by atoms with van der Waals surface area (Å²) in [6.45, 7) is 3.34. The van der Waals surface area contributed by atoms with Gasteiger partial charge in [0.05, 0.1) is 12.2 Å². The Morgan fingerprint density at radius 3 is 2.67 bits per heavy atom. The second-order valence-corrected chi connectivity index (χ2v) is 5.20. The Hall–Kier alpha value is -1.93. The molecule has 8 heteroatoms. The number of hydrogen-bond donors (Lipinski definition) is 3. The van der Waals surface area contributed by atoms with Crippen LogP contribution in [0.4, 0.5) is 4.39 Å². The number of aliphatic carboxylic acids is 1. The summed E-state index contributed by atoms with van der Waals surface area (Å²) in [4.78, 5) is 23.1. The van der Waals surface area contributed by atoms with Crippen LogP contribution in [0.3, 0.4) is 0 Å². The van der Waals surface area contributed by atoms with Crippen LogP contribution in [0.15, 0.2) is 12.1 Å². The van der Waals surface area contributed by atoms with Gasteiger partial charge in [-0.15, -0.1) is 0 Å². The van der Waals surface area contributed by atoms with Crippen molar-refractivity contribution in [2.24, 2.45) is 5.92 Å². The molecule has 2 rings (SSSR count). The minimum Gasteiger partial charge on any atom is -0.480 e. The van der Waals surface area contributed by atoms with Gasteiger partial charge in [0.2, 0.25) is 0 Å². The molecule has 0 unspecified atom stereocenters. The molecule has 0 saturated carbocycles. The molecule has 1 atom stereocenters. The van der Waals surface area contributed by atoms with E-state index in [9.17, 15) is 19.0 Å². The molecule has 0 bridgehead atoms. The Morgan fingerprint density at radius 1 is 1.43 bits per heavy atom. The summed E-state index contributed by atoms with van der Waals surface area (Å²) in [5.41, 5.74) is 0.0828. The monoisotopic (exact) mass is 295 g/mol. The maximum absolute atomic E-state index is 14.3. The fourth-order valence-corrected chi connectivity index (χ4v) is 2.19. The van der Waals surface area contributed by atoms with Gasteiger partial charge in [-0.25, -0.2) is 9.18 Å². The molecule has 1 aromatic rings. The SMILES string of the molecule is CC(C)[C@H](NC(=O)c1ccc2c(c1F)B(O)OC2)C(=O)O. The molecule has 1 aliphatic rings.